The molecule has 1 saturated heterocycles. The first-order valence-corrected chi connectivity index (χ1v) is 7.78. The molecule has 2 amide bonds. The smallest absolute Gasteiger partial charge is 0.318 e. The van der Waals surface area contributed by atoms with Crippen molar-refractivity contribution in [3.05, 3.63) is 39.9 Å². The molecule has 1 fully saturated rings. The van der Waals surface area contributed by atoms with Crippen molar-refractivity contribution in [2.24, 2.45) is 0 Å². The fourth-order valence-electron chi connectivity index (χ4n) is 2.59. The van der Waals surface area contributed by atoms with Gasteiger partial charge in [0.1, 0.15) is 0 Å². The van der Waals surface area contributed by atoms with Gasteiger partial charge in [0.25, 0.3) is 5.69 Å². The third kappa shape index (κ3) is 4.19. The second-order valence-corrected chi connectivity index (χ2v) is 6.10. The van der Waals surface area contributed by atoms with Gasteiger partial charge >= 0.3 is 6.03 Å². The van der Waals surface area contributed by atoms with E-state index in [1.165, 1.54) is 12.1 Å². The van der Waals surface area contributed by atoms with Gasteiger partial charge in [-0.05, 0) is 25.8 Å². The number of rotatable bonds is 4. The van der Waals surface area contributed by atoms with E-state index < -0.39 is 4.92 Å². The van der Waals surface area contributed by atoms with Gasteiger partial charge in [-0.25, -0.2) is 4.79 Å². The molecule has 7 nitrogen and oxygen atoms in total. The van der Waals surface area contributed by atoms with Crippen molar-refractivity contribution >= 4 is 11.7 Å². The monoisotopic (exact) mass is 321 g/mol. The molecule has 1 aromatic rings. The molecule has 1 heterocycles. The van der Waals surface area contributed by atoms with Crippen molar-refractivity contribution in [3.63, 3.8) is 0 Å². The molecule has 1 aliphatic heterocycles. The van der Waals surface area contributed by atoms with Crippen LogP contribution in [0.5, 0.6) is 0 Å². The highest BCUT2D eigenvalue weighted by Crippen LogP contribution is 2.22. The van der Waals surface area contributed by atoms with Gasteiger partial charge in [-0.1, -0.05) is 19.1 Å². The average Bonchev–Trinajstić information content (AvgIpc) is 2.55. The fraction of sp³-hybridized carbons (Fsp3) is 0.562. The quantitative estimate of drug-likeness (QED) is 0.682. The number of ether oxygens (including phenoxy) is 1. The molecule has 0 radical (unpaired) electrons. The molecule has 126 valence electrons. The number of carbonyl (C=O) groups is 1. The van der Waals surface area contributed by atoms with Crippen LogP contribution in [-0.2, 0) is 4.74 Å². The first-order valence-electron chi connectivity index (χ1n) is 7.78. The zero-order chi connectivity index (χ0) is 17.0. The fourth-order valence-corrected chi connectivity index (χ4v) is 2.59. The second kappa shape index (κ2) is 6.95. The second-order valence-electron chi connectivity index (χ2n) is 6.10. The topological polar surface area (TPSA) is 84.7 Å². The van der Waals surface area contributed by atoms with Crippen LogP contribution in [0.15, 0.2) is 24.3 Å². The standard InChI is InChI=1S/C16H23N3O4/c1-4-16(3)11-18(8-9-23-16)15(20)17-12(2)13-6-5-7-14(10-13)19(21)22/h5-7,10,12H,4,8-9,11H2,1-3H3,(H,17,20). The average molecular weight is 321 g/mol. The number of benzene rings is 1. The summed E-state index contributed by atoms with van der Waals surface area (Å²) in [7, 11) is 0. The lowest BCUT2D eigenvalue weighted by Crippen LogP contribution is -2.54. The van der Waals surface area contributed by atoms with Crippen molar-refractivity contribution in [1.82, 2.24) is 10.2 Å². The largest absolute Gasteiger partial charge is 0.372 e. The zero-order valence-corrected chi connectivity index (χ0v) is 13.7. The molecular formula is C16H23N3O4. The maximum atomic E-state index is 12.4. The van der Waals surface area contributed by atoms with E-state index in [4.69, 9.17) is 4.74 Å². The number of nitro benzene ring substituents is 1. The van der Waals surface area contributed by atoms with E-state index in [0.717, 1.165) is 6.42 Å². The number of amides is 2. The maximum Gasteiger partial charge on any atom is 0.318 e. The van der Waals surface area contributed by atoms with E-state index >= 15 is 0 Å². The lowest BCUT2D eigenvalue weighted by Gasteiger charge is -2.40. The van der Waals surface area contributed by atoms with E-state index in [1.807, 2.05) is 20.8 Å². The number of hydrogen-bond donors (Lipinski definition) is 1. The summed E-state index contributed by atoms with van der Waals surface area (Å²) in [6.07, 6.45) is 0.831. The minimum Gasteiger partial charge on any atom is -0.372 e. The summed E-state index contributed by atoms with van der Waals surface area (Å²) in [5.74, 6) is 0. The minimum absolute atomic E-state index is 0.0218. The highest BCUT2D eigenvalue weighted by Gasteiger charge is 2.33. The normalized spacial score (nSPS) is 22.5. The van der Waals surface area contributed by atoms with Gasteiger partial charge in [-0.3, -0.25) is 10.1 Å². The molecule has 7 heteroatoms. The van der Waals surface area contributed by atoms with Crippen molar-refractivity contribution in [2.45, 2.75) is 38.8 Å². The summed E-state index contributed by atoms with van der Waals surface area (Å²) in [6.45, 7) is 7.45. The molecule has 1 aliphatic rings. The molecular weight excluding hydrogens is 298 g/mol. The van der Waals surface area contributed by atoms with Crippen LogP contribution >= 0.6 is 0 Å². The van der Waals surface area contributed by atoms with E-state index in [0.29, 0.717) is 25.3 Å². The molecule has 2 rings (SSSR count). The molecule has 0 aromatic heterocycles. The van der Waals surface area contributed by atoms with Crippen LogP contribution in [0.4, 0.5) is 10.5 Å². The van der Waals surface area contributed by atoms with Crippen LogP contribution in [-0.4, -0.2) is 41.2 Å². The number of nitro groups is 1. The SMILES string of the molecule is CCC1(C)CN(C(=O)NC(C)c2cccc([N+](=O)[O-])c2)CCO1. The molecule has 0 saturated carbocycles. The van der Waals surface area contributed by atoms with Gasteiger partial charge in [0.05, 0.1) is 29.7 Å². The van der Waals surface area contributed by atoms with Crippen molar-refractivity contribution < 1.29 is 14.5 Å². The third-order valence-corrected chi connectivity index (χ3v) is 4.29. The van der Waals surface area contributed by atoms with Crippen molar-refractivity contribution in [1.29, 1.82) is 0 Å². The Balaban J connectivity index is 2.02. The Labute approximate surface area is 135 Å². The highest BCUT2D eigenvalue weighted by atomic mass is 16.6. The molecule has 1 N–H and O–H groups in total. The maximum absolute atomic E-state index is 12.4. The van der Waals surface area contributed by atoms with Crippen LogP contribution in [0.25, 0.3) is 0 Å². The molecule has 2 unspecified atom stereocenters. The number of hydrogen-bond acceptors (Lipinski definition) is 4. The van der Waals surface area contributed by atoms with Crippen LogP contribution in [0, 0.1) is 10.1 Å². The van der Waals surface area contributed by atoms with Crippen molar-refractivity contribution in [3.8, 4) is 0 Å². The van der Waals surface area contributed by atoms with Gasteiger partial charge in [0, 0.05) is 18.7 Å². The van der Waals surface area contributed by atoms with Gasteiger partial charge in [0.2, 0.25) is 0 Å². The Morgan fingerprint density at radius 2 is 2.30 bits per heavy atom. The van der Waals surface area contributed by atoms with Crippen molar-refractivity contribution in [2.75, 3.05) is 19.7 Å². The Bertz CT molecular complexity index is 592. The molecule has 2 atom stereocenters. The van der Waals surface area contributed by atoms with Crippen LogP contribution in [0.2, 0.25) is 0 Å². The first-order chi connectivity index (χ1) is 10.8. The summed E-state index contributed by atoms with van der Waals surface area (Å²) in [5.41, 5.74) is 0.414. The summed E-state index contributed by atoms with van der Waals surface area (Å²) in [5, 5.41) is 13.7. The predicted octanol–water partition coefficient (Wildman–Crippen LogP) is 2.87. The first kappa shape index (κ1) is 17.2. The Hall–Kier alpha value is -2.15. The summed E-state index contributed by atoms with van der Waals surface area (Å²) < 4.78 is 5.73. The number of nitrogens with zero attached hydrogens (tertiary/aromatic N) is 2. The van der Waals surface area contributed by atoms with Gasteiger partial charge in [0.15, 0.2) is 0 Å². The number of non-ortho nitro benzene ring substituents is 1. The predicted molar refractivity (Wildman–Crippen MR) is 86.3 cm³/mol. The molecule has 23 heavy (non-hydrogen) atoms. The number of nitrogens with one attached hydrogen (secondary N) is 1. The van der Waals surface area contributed by atoms with E-state index in [2.05, 4.69) is 5.32 Å². The number of morpholine rings is 1. The number of urea groups is 1. The van der Waals surface area contributed by atoms with E-state index in [1.54, 1.807) is 17.0 Å². The minimum atomic E-state index is -0.438. The van der Waals surface area contributed by atoms with E-state index in [9.17, 15) is 14.9 Å². The van der Waals surface area contributed by atoms with Crippen LogP contribution in [0.3, 0.4) is 0 Å². The lowest BCUT2D eigenvalue weighted by molar-refractivity contribution is -0.384. The molecule has 0 spiro atoms. The molecule has 0 aliphatic carbocycles. The lowest BCUT2D eigenvalue weighted by atomic mass is 10.0. The van der Waals surface area contributed by atoms with Gasteiger partial charge < -0.3 is 15.0 Å². The molecule has 1 aromatic carbocycles. The van der Waals surface area contributed by atoms with Gasteiger partial charge in [-0.2, -0.15) is 0 Å². The zero-order valence-electron chi connectivity index (χ0n) is 13.7. The summed E-state index contributed by atoms with van der Waals surface area (Å²) >= 11 is 0. The van der Waals surface area contributed by atoms with Crippen LogP contribution < -0.4 is 5.32 Å². The highest BCUT2D eigenvalue weighted by molar-refractivity contribution is 5.75. The van der Waals surface area contributed by atoms with E-state index in [-0.39, 0.29) is 23.4 Å². The Kier molecular flexibility index (Phi) is 5.20. The number of carbonyl (C=O) groups excluding carboxylic acids is 1. The summed E-state index contributed by atoms with van der Waals surface area (Å²) in [6, 6.07) is 5.84. The van der Waals surface area contributed by atoms with Crippen LogP contribution in [0.1, 0.15) is 38.8 Å². The molecule has 0 bridgehead atoms. The Morgan fingerprint density at radius 3 is 2.96 bits per heavy atom. The van der Waals surface area contributed by atoms with Gasteiger partial charge in [-0.15, -0.1) is 0 Å². The summed E-state index contributed by atoms with van der Waals surface area (Å²) in [4.78, 5) is 24.6. The Morgan fingerprint density at radius 1 is 1.57 bits per heavy atom. The third-order valence-electron chi connectivity index (χ3n) is 4.29.